The molecule has 9 nitrogen and oxygen atoms in total. The van der Waals surface area contributed by atoms with E-state index in [-0.39, 0.29) is 5.69 Å². The molecule has 4 rings (SSSR count). The molecule has 1 aliphatic carbocycles. The van der Waals surface area contributed by atoms with Crippen molar-refractivity contribution in [3.8, 4) is 10.6 Å². The number of carbonyl (C=O) groups is 4. The first-order chi connectivity index (χ1) is 15.3. The lowest BCUT2D eigenvalue weighted by Crippen LogP contribution is -2.52. The number of benzene rings is 1. The molecule has 4 amide bonds. The minimum Gasteiger partial charge on any atom is -0.451 e. The highest BCUT2D eigenvalue weighted by Gasteiger charge is 2.52. The fourth-order valence-corrected chi connectivity index (χ4v) is 4.67. The molecule has 10 heteroatoms. The monoisotopic (exact) mass is 456 g/mol. The van der Waals surface area contributed by atoms with Gasteiger partial charge in [0.25, 0.3) is 11.8 Å². The minimum atomic E-state index is -0.958. The van der Waals surface area contributed by atoms with Gasteiger partial charge >= 0.3 is 12.0 Å². The number of hydrazine groups is 1. The number of esters is 1. The van der Waals surface area contributed by atoms with E-state index in [0.29, 0.717) is 28.8 Å². The van der Waals surface area contributed by atoms with Crippen molar-refractivity contribution in [3.05, 3.63) is 40.9 Å². The summed E-state index contributed by atoms with van der Waals surface area (Å²) >= 11 is 1.29. The van der Waals surface area contributed by atoms with Crippen molar-refractivity contribution in [2.75, 3.05) is 6.61 Å². The Morgan fingerprint density at radius 2 is 1.94 bits per heavy atom. The second-order valence-electron chi connectivity index (χ2n) is 8.35. The van der Waals surface area contributed by atoms with Crippen LogP contribution in [0.2, 0.25) is 0 Å². The Labute approximate surface area is 189 Å². The van der Waals surface area contributed by atoms with Crippen molar-refractivity contribution in [1.29, 1.82) is 0 Å². The van der Waals surface area contributed by atoms with E-state index in [1.54, 1.807) is 5.38 Å². The molecule has 1 saturated heterocycles. The standard InChI is InChI=1S/C22H24N4O5S/c1-13-3-5-15(6-4-13)18-23-16(12-32-18)19(28)31-11-17(27)25-26-20(29)22(24-21(26)30)9-7-14(2)8-10-22/h3-6,12,14H,7-11H2,1-2H3,(H,24,30)(H,25,27). The van der Waals surface area contributed by atoms with Crippen molar-refractivity contribution in [1.82, 2.24) is 20.7 Å². The molecule has 1 aromatic carbocycles. The number of ether oxygens (including phenoxy) is 1. The molecule has 1 aromatic heterocycles. The number of nitrogens with one attached hydrogen (secondary N) is 2. The third-order valence-electron chi connectivity index (χ3n) is 5.87. The summed E-state index contributed by atoms with van der Waals surface area (Å²) in [6, 6.07) is 7.05. The molecular weight excluding hydrogens is 432 g/mol. The second-order valence-corrected chi connectivity index (χ2v) is 9.21. The zero-order valence-corrected chi connectivity index (χ0v) is 18.7. The molecular formula is C22H24N4O5S. The number of rotatable bonds is 5. The molecule has 0 atom stereocenters. The third-order valence-corrected chi connectivity index (χ3v) is 6.76. The van der Waals surface area contributed by atoms with Crippen molar-refractivity contribution in [3.63, 3.8) is 0 Å². The number of aryl methyl sites for hydroxylation is 1. The molecule has 1 saturated carbocycles. The molecule has 2 aromatic rings. The Morgan fingerprint density at radius 3 is 2.62 bits per heavy atom. The average Bonchev–Trinajstić information content (AvgIpc) is 3.35. The van der Waals surface area contributed by atoms with E-state index in [1.807, 2.05) is 31.2 Å². The third kappa shape index (κ3) is 4.36. The molecule has 2 fully saturated rings. The summed E-state index contributed by atoms with van der Waals surface area (Å²) in [6.07, 6.45) is 2.72. The van der Waals surface area contributed by atoms with E-state index >= 15 is 0 Å². The predicted octanol–water partition coefficient (Wildman–Crippen LogP) is 2.81. The Bertz CT molecular complexity index is 1060. The summed E-state index contributed by atoms with van der Waals surface area (Å²) in [7, 11) is 0. The Hall–Kier alpha value is -3.27. The van der Waals surface area contributed by atoms with Crippen LogP contribution in [0.1, 0.15) is 48.7 Å². The van der Waals surface area contributed by atoms with Gasteiger partial charge in [-0.15, -0.1) is 11.3 Å². The number of urea groups is 1. The van der Waals surface area contributed by atoms with Gasteiger partial charge in [-0.3, -0.25) is 15.0 Å². The van der Waals surface area contributed by atoms with Crippen LogP contribution in [-0.2, 0) is 14.3 Å². The molecule has 2 aliphatic rings. The van der Waals surface area contributed by atoms with Crippen molar-refractivity contribution >= 4 is 35.2 Å². The molecule has 2 N–H and O–H groups in total. The van der Waals surface area contributed by atoms with E-state index in [9.17, 15) is 19.2 Å². The summed E-state index contributed by atoms with van der Waals surface area (Å²) in [5, 5.41) is 5.62. The minimum absolute atomic E-state index is 0.0867. The van der Waals surface area contributed by atoms with Crippen LogP contribution in [-0.4, -0.2) is 46.0 Å². The molecule has 0 radical (unpaired) electrons. The fourth-order valence-electron chi connectivity index (χ4n) is 3.87. The highest BCUT2D eigenvalue weighted by Crippen LogP contribution is 2.35. The molecule has 1 spiro atoms. The largest absolute Gasteiger partial charge is 0.451 e. The first kappa shape index (κ1) is 21.9. The van der Waals surface area contributed by atoms with Crippen LogP contribution in [0.4, 0.5) is 4.79 Å². The van der Waals surface area contributed by atoms with Gasteiger partial charge in [0.1, 0.15) is 10.5 Å². The summed E-state index contributed by atoms with van der Waals surface area (Å²) in [4.78, 5) is 53.8. The highest BCUT2D eigenvalue weighted by molar-refractivity contribution is 7.13. The summed E-state index contributed by atoms with van der Waals surface area (Å²) in [5.41, 5.74) is 3.36. The highest BCUT2D eigenvalue weighted by atomic mass is 32.1. The molecule has 1 aliphatic heterocycles. The SMILES string of the molecule is Cc1ccc(-c2nc(C(=O)OCC(=O)NN3C(=O)NC4(CCC(C)CC4)C3=O)cs2)cc1. The number of amides is 4. The van der Waals surface area contributed by atoms with Crippen LogP contribution in [0.5, 0.6) is 0 Å². The van der Waals surface area contributed by atoms with Gasteiger partial charge in [0.2, 0.25) is 0 Å². The van der Waals surface area contributed by atoms with Gasteiger partial charge in [-0.25, -0.2) is 14.6 Å². The summed E-state index contributed by atoms with van der Waals surface area (Å²) in [6.45, 7) is 3.44. The van der Waals surface area contributed by atoms with Gasteiger partial charge < -0.3 is 10.1 Å². The van der Waals surface area contributed by atoms with Crippen molar-refractivity contribution < 1.29 is 23.9 Å². The fraction of sp³-hybridized carbons (Fsp3) is 0.409. The van der Waals surface area contributed by atoms with E-state index < -0.39 is 36.0 Å². The Balaban J connectivity index is 1.31. The number of nitrogens with zero attached hydrogens (tertiary/aromatic N) is 2. The van der Waals surface area contributed by atoms with Crippen LogP contribution < -0.4 is 10.7 Å². The second kappa shape index (κ2) is 8.70. The maximum atomic E-state index is 12.8. The Morgan fingerprint density at radius 1 is 1.25 bits per heavy atom. The zero-order valence-electron chi connectivity index (χ0n) is 17.8. The van der Waals surface area contributed by atoms with Crippen molar-refractivity contribution in [2.24, 2.45) is 5.92 Å². The van der Waals surface area contributed by atoms with Gasteiger partial charge in [0, 0.05) is 10.9 Å². The summed E-state index contributed by atoms with van der Waals surface area (Å²) < 4.78 is 5.01. The lowest BCUT2D eigenvalue weighted by molar-refractivity contribution is -0.141. The number of aromatic nitrogens is 1. The van der Waals surface area contributed by atoms with Crippen LogP contribution in [0.15, 0.2) is 29.6 Å². The maximum absolute atomic E-state index is 12.8. The molecule has 32 heavy (non-hydrogen) atoms. The number of carbonyl (C=O) groups excluding carboxylic acids is 4. The topological polar surface area (TPSA) is 118 Å². The Kier molecular flexibility index (Phi) is 5.96. The van der Waals surface area contributed by atoms with Crippen LogP contribution in [0.3, 0.4) is 0 Å². The number of thiazole rings is 1. The number of imide groups is 1. The molecule has 0 unspecified atom stereocenters. The van der Waals surface area contributed by atoms with Gasteiger partial charge in [-0.2, -0.15) is 5.01 Å². The maximum Gasteiger partial charge on any atom is 0.358 e. The van der Waals surface area contributed by atoms with Crippen LogP contribution >= 0.6 is 11.3 Å². The molecule has 168 valence electrons. The lowest BCUT2D eigenvalue weighted by atomic mass is 9.77. The van der Waals surface area contributed by atoms with Crippen LogP contribution in [0.25, 0.3) is 10.6 Å². The van der Waals surface area contributed by atoms with E-state index in [4.69, 9.17) is 4.74 Å². The molecule has 2 heterocycles. The van der Waals surface area contributed by atoms with E-state index in [1.165, 1.54) is 11.3 Å². The number of hydrogen-bond acceptors (Lipinski definition) is 7. The normalized spacial score (nSPS) is 22.7. The first-order valence-electron chi connectivity index (χ1n) is 10.4. The quantitative estimate of drug-likeness (QED) is 0.528. The van der Waals surface area contributed by atoms with Gasteiger partial charge in [0.05, 0.1) is 0 Å². The van der Waals surface area contributed by atoms with E-state index in [2.05, 4.69) is 22.7 Å². The molecule has 0 bridgehead atoms. The van der Waals surface area contributed by atoms with Crippen molar-refractivity contribution in [2.45, 2.75) is 45.1 Å². The average molecular weight is 457 g/mol. The van der Waals surface area contributed by atoms with Gasteiger partial charge in [0.15, 0.2) is 12.3 Å². The zero-order chi connectivity index (χ0) is 22.9. The predicted molar refractivity (Wildman–Crippen MR) is 116 cm³/mol. The van der Waals surface area contributed by atoms with Gasteiger partial charge in [-0.1, -0.05) is 36.8 Å². The summed E-state index contributed by atoms with van der Waals surface area (Å²) in [5.74, 6) is -1.52. The lowest BCUT2D eigenvalue weighted by Gasteiger charge is -2.33. The first-order valence-corrected chi connectivity index (χ1v) is 11.3. The van der Waals surface area contributed by atoms with Crippen LogP contribution in [0, 0.1) is 12.8 Å². The van der Waals surface area contributed by atoms with E-state index in [0.717, 1.165) is 24.0 Å². The van der Waals surface area contributed by atoms with Gasteiger partial charge in [-0.05, 0) is 38.5 Å². The smallest absolute Gasteiger partial charge is 0.358 e. The number of hydrogen-bond donors (Lipinski definition) is 2.